The summed E-state index contributed by atoms with van der Waals surface area (Å²) >= 11 is 0. The molecule has 5 heteroatoms. The van der Waals surface area contributed by atoms with Gasteiger partial charge in [-0.15, -0.1) is 0 Å². The van der Waals surface area contributed by atoms with Crippen molar-refractivity contribution < 1.29 is 24.2 Å². The zero-order valence-corrected chi connectivity index (χ0v) is 31.2. The smallest absolute Gasteiger partial charge is 0.306 e. The molecule has 0 aliphatic rings. The quantitative estimate of drug-likeness (QED) is 0.0324. The molecule has 0 radical (unpaired) electrons. The van der Waals surface area contributed by atoms with Crippen LogP contribution in [0.2, 0.25) is 0 Å². The zero-order chi connectivity index (χ0) is 35.7. The molecule has 0 bridgehead atoms. The van der Waals surface area contributed by atoms with Crippen LogP contribution in [0.4, 0.5) is 0 Å². The molecule has 1 N–H and O–H groups in total. The van der Waals surface area contributed by atoms with Crippen molar-refractivity contribution >= 4 is 11.9 Å². The van der Waals surface area contributed by atoms with Gasteiger partial charge in [-0.05, 0) is 64.2 Å². The molecule has 0 spiro atoms. The minimum atomic E-state index is -0.809. The summed E-state index contributed by atoms with van der Waals surface area (Å²) < 4.78 is 10.5. The van der Waals surface area contributed by atoms with Crippen molar-refractivity contribution in [3.63, 3.8) is 0 Å². The Morgan fingerprint density at radius 1 is 0.510 bits per heavy atom. The van der Waals surface area contributed by atoms with E-state index in [-0.39, 0.29) is 31.6 Å². The van der Waals surface area contributed by atoms with Crippen LogP contribution >= 0.6 is 0 Å². The first kappa shape index (κ1) is 45.8. The van der Waals surface area contributed by atoms with Crippen LogP contribution in [0.25, 0.3) is 0 Å². The van der Waals surface area contributed by atoms with E-state index in [0.29, 0.717) is 12.8 Å². The van der Waals surface area contributed by atoms with Crippen LogP contribution in [0.1, 0.15) is 149 Å². The number of aliphatic hydroxyl groups is 1. The monoisotopic (exact) mass is 679 g/mol. The minimum absolute atomic E-state index is 0.111. The molecule has 0 amide bonds. The third-order valence-electron chi connectivity index (χ3n) is 7.74. The van der Waals surface area contributed by atoms with Gasteiger partial charge in [0.25, 0.3) is 0 Å². The van der Waals surface area contributed by atoms with E-state index in [1.807, 2.05) is 54.7 Å². The number of esters is 2. The van der Waals surface area contributed by atoms with Gasteiger partial charge >= 0.3 is 11.9 Å². The van der Waals surface area contributed by atoms with Crippen molar-refractivity contribution in [3.8, 4) is 0 Å². The average molecular weight is 679 g/mol. The van der Waals surface area contributed by atoms with E-state index in [9.17, 15) is 14.7 Å². The Balaban J connectivity index is 3.67. The molecule has 0 aromatic heterocycles. The number of aliphatic hydroxyl groups excluding tert-OH is 1. The lowest BCUT2D eigenvalue weighted by atomic mass is 10.1. The number of ether oxygens (including phenoxy) is 2. The van der Waals surface area contributed by atoms with Gasteiger partial charge in [-0.2, -0.15) is 0 Å². The summed E-state index contributed by atoms with van der Waals surface area (Å²) in [5, 5.41) is 9.54. The molecule has 0 fully saturated rings. The van der Waals surface area contributed by atoms with Crippen molar-refractivity contribution in [2.45, 2.75) is 155 Å². The number of hydrogen-bond acceptors (Lipinski definition) is 5. The van der Waals surface area contributed by atoms with Crippen molar-refractivity contribution in [2.75, 3.05) is 13.2 Å². The zero-order valence-electron chi connectivity index (χ0n) is 31.2. The first-order valence-electron chi connectivity index (χ1n) is 19.4. The minimum Gasteiger partial charge on any atom is -0.462 e. The summed E-state index contributed by atoms with van der Waals surface area (Å²) in [6.07, 6.45) is 54.7. The highest BCUT2D eigenvalue weighted by atomic mass is 16.6. The lowest BCUT2D eigenvalue weighted by molar-refractivity contribution is -0.161. The number of unbranched alkanes of at least 4 members (excludes halogenated alkanes) is 13. The maximum Gasteiger partial charge on any atom is 0.306 e. The van der Waals surface area contributed by atoms with Gasteiger partial charge in [-0.25, -0.2) is 0 Å². The van der Waals surface area contributed by atoms with Crippen molar-refractivity contribution in [2.24, 2.45) is 0 Å². The lowest BCUT2D eigenvalue weighted by Gasteiger charge is -2.15. The normalized spacial score (nSPS) is 13.3. The van der Waals surface area contributed by atoms with Crippen LogP contribution in [0.3, 0.4) is 0 Å². The summed E-state index contributed by atoms with van der Waals surface area (Å²) in [5.41, 5.74) is 0. The van der Waals surface area contributed by atoms with E-state index < -0.39 is 6.10 Å². The number of hydrogen-bond donors (Lipinski definition) is 1. The average Bonchev–Trinajstić information content (AvgIpc) is 3.10. The van der Waals surface area contributed by atoms with E-state index >= 15 is 0 Å². The van der Waals surface area contributed by atoms with Gasteiger partial charge in [0.15, 0.2) is 6.10 Å². The molecule has 0 saturated heterocycles. The van der Waals surface area contributed by atoms with Crippen molar-refractivity contribution in [3.05, 3.63) is 97.2 Å². The van der Waals surface area contributed by atoms with Crippen LogP contribution in [-0.4, -0.2) is 36.4 Å². The first-order valence-corrected chi connectivity index (χ1v) is 19.4. The predicted octanol–water partition coefficient (Wildman–Crippen LogP) is 12.1. The Morgan fingerprint density at radius 3 is 1.55 bits per heavy atom. The topological polar surface area (TPSA) is 72.8 Å². The van der Waals surface area contributed by atoms with Crippen LogP contribution in [-0.2, 0) is 19.1 Å². The van der Waals surface area contributed by atoms with Crippen LogP contribution in [0, 0.1) is 0 Å². The molecule has 0 aromatic carbocycles. The number of carbonyl (C=O) groups is 2. The largest absolute Gasteiger partial charge is 0.462 e. The molecule has 1 atom stereocenters. The highest BCUT2D eigenvalue weighted by Crippen LogP contribution is 2.12. The van der Waals surface area contributed by atoms with Crippen molar-refractivity contribution in [1.29, 1.82) is 0 Å². The Kier molecular flexibility index (Phi) is 36.7. The van der Waals surface area contributed by atoms with Crippen LogP contribution in [0.5, 0.6) is 0 Å². The summed E-state index contributed by atoms with van der Waals surface area (Å²) in [5.74, 6) is -0.694. The second-order valence-corrected chi connectivity index (χ2v) is 12.4. The molecule has 1 unspecified atom stereocenters. The third-order valence-corrected chi connectivity index (χ3v) is 7.74. The summed E-state index contributed by atoms with van der Waals surface area (Å²) in [7, 11) is 0. The number of carbonyl (C=O) groups excluding carboxylic acids is 2. The van der Waals surface area contributed by atoms with E-state index in [1.54, 1.807) is 0 Å². The van der Waals surface area contributed by atoms with Crippen LogP contribution < -0.4 is 0 Å². The molecule has 0 saturated carbocycles. The maximum absolute atomic E-state index is 12.2. The third kappa shape index (κ3) is 37.5. The molecule has 0 rings (SSSR count). The van der Waals surface area contributed by atoms with Gasteiger partial charge < -0.3 is 14.6 Å². The molecule has 5 nitrogen and oxygen atoms in total. The molecule has 0 aliphatic carbocycles. The van der Waals surface area contributed by atoms with Gasteiger partial charge in [-0.1, -0.05) is 169 Å². The second kappa shape index (κ2) is 39.3. The molecule has 49 heavy (non-hydrogen) atoms. The van der Waals surface area contributed by atoms with Gasteiger partial charge in [0.1, 0.15) is 6.61 Å². The predicted molar refractivity (Wildman–Crippen MR) is 209 cm³/mol. The molecule has 276 valence electrons. The van der Waals surface area contributed by atoms with Gasteiger partial charge in [-0.3, -0.25) is 9.59 Å². The highest BCUT2D eigenvalue weighted by Gasteiger charge is 2.16. The van der Waals surface area contributed by atoms with E-state index in [2.05, 4.69) is 56.4 Å². The highest BCUT2D eigenvalue weighted by molar-refractivity contribution is 5.70. The van der Waals surface area contributed by atoms with Crippen LogP contribution in [0.15, 0.2) is 97.2 Å². The fraction of sp³-hybridized carbons (Fsp3) is 0.591. The Morgan fingerprint density at radius 2 is 0.980 bits per heavy atom. The molecular weight excluding hydrogens is 608 g/mol. The van der Waals surface area contributed by atoms with Gasteiger partial charge in [0, 0.05) is 12.8 Å². The summed E-state index contributed by atoms with van der Waals surface area (Å²) in [6, 6.07) is 0. The Bertz CT molecular complexity index is 995. The molecule has 0 aromatic rings. The maximum atomic E-state index is 12.2. The van der Waals surface area contributed by atoms with Crippen molar-refractivity contribution in [1.82, 2.24) is 0 Å². The lowest BCUT2D eigenvalue weighted by Crippen LogP contribution is -2.28. The summed E-state index contributed by atoms with van der Waals surface area (Å²) in [4.78, 5) is 24.2. The molecular formula is C44H70O5. The summed E-state index contributed by atoms with van der Waals surface area (Å²) in [6.45, 7) is 3.87. The fourth-order valence-electron chi connectivity index (χ4n) is 4.82. The standard InChI is InChI=1S/C44H70O5/c1-3-5-7-9-11-13-15-17-18-19-20-21-22-23-24-25-27-29-31-33-35-37-39-44(47)49-42(40-45)41-48-43(46)38-36-34-32-30-28-26-16-14-12-10-8-6-4-2/h6,8,10-14,16-18,20-21,26,28,30,32,42,45H,3-5,7,9,15,19,22-25,27,29,31,33-41H2,1-2H3/b8-6+,12-10+,13-11+,16-14+,18-17+,21-20+,28-26+,32-30+. The number of allylic oxidation sites excluding steroid dienone is 16. The second-order valence-electron chi connectivity index (χ2n) is 12.4. The van der Waals surface area contributed by atoms with E-state index in [0.717, 1.165) is 44.9 Å². The Hall–Kier alpha value is -3.18. The Labute approximate surface area is 300 Å². The molecule has 0 aliphatic heterocycles. The first-order chi connectivity index (χ1) is 24.1. The van der Waals surface area contributed by atoms with E-state index in [1.165, 1.54) is 70.6 Å². The number of rotatable bonds is 33. The SMILES string of the molecule is CC/C=C/C=C/C=C/C=C/C=C/CCCC(=O)OCC(CO)OC(=O)CCCCCCCCCCC/C=C/C/C=C/C/C=C/CCCCC. The fourth-order valence-corrected chi connectivity index (χ4v) is 4.82. The van der Waals surface area contributed by atoms with Gasteiger partial charge in [0.05, 0.1) is 6.61 Å². The molecule has 0 heterocycles. The van der Waals surface area contributed by atoms with Gasteiger partial charge in [0.2, 0.25) is 0 Å². The van der Waals surface area contributed by atoms with E-state index in [4.69, 9.17) is 9.47 Å².